The zero-order valence-corrected chi connectivity index (χ0v) is 14.2. The lowest BCUT2D eigenvalue weighted by atomic mass is 10.2. The first-order valence-corrected chi connectivity index (χ1v) is 8.18. The van der Waals surface area contributed by atoms with Crippen molar-refractivity contribution in [3.63, 3.8) is 0 Å². The topological polar surface area (TPSA) is 58.2 Å². The van der Waals surface area contributed by atoms with Crippen LogP contribution < -0.4 is 10.6 Å². The lowest BCUT2D eigenvalue weighted by Crippen LogP contribution is -2.45. The van der Waals surface area contributed by atoms with Crippen LogP contribution in [-0.2, 0) is 4.79 Å². The number of carbonyl (C=O) groups is 2. The highest BCUT2D eigenvalue weighted by Gasteiger charge is 2.15. The first kappa shape index (κ1) is 17.7. The van der Waals surface area contributed by atoms with Crippen molar-refractivity contribution in [3.8, 4) is 0 Å². The second-order valence-corrected chi connectivity index (χ2v) is 5.97. The normalized spacial score (nSPS) is 11.8. The van der Waals surface area contributed by atoms with Crippen molar-refractivity contribution >= 4 is 27.7 Å². The third kappa shape index (κ3) is 6.76. The molecule has 0 aliphatic heterocycles. The van der Waals surface area contributed by atoms with Crippen molar-refractivity contribution < 1.29 is 9.59 Å². The number of unbranched alkanes of at least 4 members (excludes halogenated alkanes) is 3. The van der Waals surface area contributed by atoms with E-state index in [9.17, 15) is 9.59 Å². The molecule has 5 heteroatoms. The van der Waals surface area contributed by atoms with Crippen LogP contribution >= 0.6 is 15.9 Å². The number of amides is 2. The third-order valence-corrected chi connectivity index (χ3v) is 3.71. The van der Waals surface area contributed by atoms with Crippen molar-refractivity contribution in [1.29, 1.82) is 0 Å². The summed E-state index contributed by atoms with van der Waals surface area (Å²) in [5.74, 6) is -0.381. The summed E-state index contributed by atoms with van der Waals surface area (Å²) >= 11 is 3.32. The van der Waals surface area contributed by atoms with Gasteiger partial charge < -0.3 is 10.6 Å². The van der Waals surface area contributed by atoms with Gasteiger partial charge in [0.15, 0.2) is 0 Å². The Morgan fingerprint density at radius 3 is 2.43 bits per heavy atom. The summed E-state index contributed by atoms with van der Waals surface area (Å²) in [6.45, 7) is 4.51. The molecular formula is C16H23BrN2O2. The molecule has 0 bridgehead atoms. The van der Waals surface area contributed by atoms with Crippen LogP contribution in [0.4, 0.5) is 0 Å². The number of hydrogen-bond donors (Lipinski definition) is 2. The molecule has 2 N–H and O–H groups in total. The molecule has 0 aliphatic rings. The summed E-state index contributed by atoms with van der Waals surface area (Å²) in [6.07, 6.45) is 4.46. The van der Waals surface area contributed by atoms with Crippen LogP contribution in [0.25, 0.3) is 0 Å². The van der Waals surface area contributed by atoms with Crippen LogP contribution in [0.5, 0.6) is 0 Å². The van der Waals surface area contributed by atoms with Gasteiger partial charge in [0.25, 0.3) is 5.91 Å². The molecule has 1 unspecified atom stereocenters. The monoisotopic (exact) mass is 354 g/mol. The maximum atomic E-state index is 12.0. The van der Waals surface area contributed by atoms with Gasteiger partial charge in [0, 0.05) is 16.6 Å². The Morgan fingerprint density at radius 1 is 1.14 bits per heavy atom. The van der Waals surface area contributed by atoms with Gasteiger partial charge in [-0.3, -0.25) is 9.59 Å². The minimum Gasteiger partial charge on any atom is -0.354 e. The first-order chi connectivity index (χ1) is 10.0. The number of hydrogen-bond acceptors (Lipinski definition) is 2. The van der Waals surface area contributed by atoms with Gasteiger partial charge in [-0.1, -0.05) is 42.1 Å². The standard InChI is InChI=1S/C16H23BrN2O2/c1-3-4-5-6-11-18-15(20)12(2)19-16(21)13-7-9-14(17)10-8-13/h7-10,12H,3-6,11H2,1-2H3,(H,18,20)(H,19,21). The smallest absolute Gasteiger partial charge is 0.251 e. The first-order valence-electron chi connectivity index (χ1n) is 7.38. The molecule has 0 fully saturated rings. The molecule has 1 aromatic carbocycles. The van der Waals surface area contributed by atoms with E-state index in [-0.39, 0.29) is 11.8 Å². The quantitative estimate of drug-likeness (QED) is 0.704. The molecule has 0 saturated carbocycles. The second-order valence-electron chi connectivity index (χ2n) is 5.05. The third-order valence-electron chi connectivity index (χ3n) is 3.18. The highest BCUT2D eigenvalue weighted by atomic mass is 79.9. The molecule has 0 radical (unpaired) electrons. The van der Waals surface area contributed by atoms with Crippen LogP contribution in [-0.4, -0.2) is 24.4 Å². The second kappa shape index (κ2) is 9.55. The fraction of sp³-hybridized carbons (Fsp3) is 0.500. The van der Waals surface area contributed by atoms with Crippen LogP contribution in [0, 0.1) is 0 Å². The number of benzene rings is 1. The van der Waals surface area contributed by atoms with Crippen molar-refractivity contribution in [2.75, 3.05) is 6.54 Å². The highest BCUT2D eigenvalue weighted by Crippen LogP contribution is 2.10. The average Bonchev–Trinajstić information content (AvgIpc) is 2.47. The number of rotatable bonds is 8. The van der Waals surface area contributed by atoms with Gasteiger partial charge in [-0.05, 0) is 37.6 Å². The average molecular weight is 355 g/mol. The maximum Gasteiger partial charge on any atom is 0.251 e. The number of nitrogens with one attached hydrogen (secondary N) is 2. The summed E-state index contributed by atoms with van der Waals surface area (Å²) in [7, 11) is 0. The van der Waals surface area contributed by atoms with E-state index < -0.39 is 6.04 Å². The van der Waals surface area contributed by atoms with Gasteiger partial charge in [0.2, 0.25) is 5.91 Å². The van der Waals surface area contributed by atoms with E-state index in [4.69, 9.17) is 0 Å². The molecule has 0 aliphatic carbocycles. The zero-order valence-electron chi connectivity index (χ0n) is 12.6. The molecule has 4 nitrogen and oxygen atoms in total. The Hall–Kier alpha value is -1.36. The lowest BCUT2D eigenvalue weighted by Gasteiger charge is -2.14. The highest BCUT2D eigenvalue weighted by molar-refractivity contribution is 9.10. The molecule has 116 valence electrons. The Kier molecular flexibility index (Phi) is 8.05. The van der Waals surface area contributed by atoms with E-state index in [1.165, 1.54) is 12.8 Å². The fourth-order valence-electron chi connectivity index (χ4n) is 1.86. The van der Waals surface area contributed by atoms with Gasteiger partial charge in [0.1, 0.15) is 6.04 Å². The van der Waals surface area contributed by atoms with E-state index in [0.29, 0.717) is 12.1 Å². The van der Waals surface area contributed by atoms with Crippen molar-refractivity contribution in [3.05, 3.63) is 34.3 Å². The Morgan fingerprint density at radius 2 is 1.81 bits per heavy atom. The fourth-order valence-corrected chi connectivity index (χ4v) is 2.13. The molecule has 0 spiro atoms. The van der Waals surface area contributed by atoms with E-state index in [0.717, 1.165) is 17.3 Å². The Labute approximate surface area is 134 Å². The summed E-state index contributed by atoms with van der Waals surface area (Å²) in [5, 5.41) is 5.55. The molecule has 0 saturated heterocycles. The van der Waals surface area contributed by atoms with Gasteiger partial charge in [0.05, 0.1) is 0 Å². The molecule has 2 amide bonds. The van der Waals surface area contributed by atoms with Crippen molar-refractivity contribution in [2.24, 2.45) is 0 Å². The Balaban J connectivity index is 2.34. The summed E-state index contributed by atoms with van der Waals surface area (Å²) in [6, 6.07) is 6.50. The molecule has 1 aromatic rings. The van der Waals surface area contributed by atoms with Gasteiger partial charge in [-0.25, -0.2) is 0 Å². The summed E-state index contributed by atoms with van der Waals surface area (Å²) < 4.78 is 0.914. The molecule has 0 heterocycles. The van der Waals surface area contributed by atoms with E-state index in [1.807, 2.05) is 0 Å². The summed E-state index contributed by atoms with van der Waals surface area (Å²) in [5.41, 5.74) is 0.542. The minimum absolute atomic E-state index is 0.142. The molecule has 1 rings (SSSR count). The maximum absolute atomic E-state index is 12.0. The predicted molar refractivity (Wildman–Crippen MR) is 88.2 cm³/mol. The van der Waals surface area contributed by atoms with Crippen LogP contribution in [0.2, 0.25) is 0 Å². The molecule has 21 heavy (non-hydrogen) atoms. The van der Waals surface area contributed by atoms with Crippen LogP contribution in [0.1, 0.15) is 49.9 Å². The van der Waals surface area contributed by atoms with E-state index >= 15 is 0 Å². The SMILES string of the molecule is CCCCCCNC(=O)C(C)NC(=O)c1ccc(Br)cc1. The zero-order chi connectivity index (χ0) is 15.7. The van der Waals surface area contributed by atoms with Gasteiger partial charge >= 0.3 is 0 Å². The largest absolute Gasteiger partial charge is 0.354 e. The number of halogens is 1. The molecule has 0 aromatic heterocycles. The Bertz CT molecular complexity index is 460. The molecule has 1 atom stereocenters. The molecular weight excluding hydrogens is 332 g/mol. The summed E-state index contributed by atoms with van der Waals surface area (Å²) in [4.78, 5) is 23.8. The van der Waals surface area contributed by atoms with Gasteiger partial charge in [-0.15, -0.1) is 0 Å². The number of carbonyl (C=O) groups excluding carboxylic acids is 2. The van der Waals surface area contributed by atoms with Crippen molar-refractivity contribution in [1.82, 2.24) is 10.6 Å². The minimum atomic E-state index is -0.535. The lowest BCUT2D eigenvalue weighted by molar-refractivity contribution is -0.122. The van der Waals surface area contributed by atoms with Crippen LogP contribution in [0.3, 0.4) is 0 Å². The van der Waals surface area contributed by atoms with E-state index in [1.54, 1.807) is 31.2 Å². The van der Waals surface area contributed by atoms with Crippen LogP contribution in [0.15, 0.2) is 28.7 Å². The predicted octanol–water partition coefficient (Wildman–Crippen LogP) is 3.26. The van der Waals surface area contributed by atoms with Crippen molar-refractivity contribution in [2.45, 2.75) is 45.6 Å². The van der Waals surface area contributed by atoms with E-state index in [2.05, 4.69) is 33.5 Å². The van der Waals surface area contributed by atoms with Gasteiger partial charge in [-0.2, -0.15) is 0 Å².